The molecule has 2 aromatic heterocycles. The third-order valence-corrected chi connectivity index (χ3v) is 1.92. The van der Waals surface area contributed by atoms with Crippen LogP contribution in [0.15, 0.2) is 29.5 Å². The topological polar surface area (TPSA) is 63.6 Å². The molecule has 0 unspecified atom stereocenters. The number of aromatic nitrogens is 4. The third kappa shape index (κ3) is 1.71. The summed E-state index contributed by atoms with van der Waals surface area (Å²) in [6.07, 6.45) is 5.18. The molecule has 0 aliphatic rings. The molecule has 0 saturated heterocycles. The number of hydrogen-bond acceptors (Lipinski definition) is 3. The van der Waals surface area contributed by atoms with Crippen molar-refractivity contribution < 1.29 is 0 Å². The molecule has 0 fully saturated rings. The lowest BCUT2D eigenvalue weighted by atomic mass is 10.3. The Morgan fingerprint density at radius 3 is 3.07 bits per heavy atom. The maximum absolute atomic E-state index is 11.4. The van der Waals surface area contributed by atoms with Gasteiger partial charge in [-0.15, -0.1) is 0 Å². The van der Waals surface area contributed by atoms with E-state index in [0.717, 1.165) is 11.3 Å². The number of aryl methyl sites for hydroxylation is 1. The van der Waals surface area contributed by atoms with E-state index in [1.54, 1.807) is 25.5 Å². The van der Waals surface area contributed by atoms with E-state index in [9.17, 15) is 4.79 Å². The Morgan fingerprint density at radius 1 is 1.57 bits per heavy atom. The second kappa shape index (κ2) is 3.45. The zero-order valence-electron chi connectivity index (χ0n) is 7.77. The summed E-state index contributed by atoms with van der Waals surface area (Å²) >= 11 is 0. The maximum atomic E-state index is 11.4. The molecule has 0 amide bonds. The predicted octanol–water partition coefficient (Wildman–Crippen LogP) is 0.323. The Kier molecular flexibility index (Phi) is 2.14. The van der Waals surface area contributed by atoms with Crippen LogP contribution in [0.25, 0.3) is 0 Å². The van der Waals surface area contributed by atoms with Crippen molar-refractivity contribution in [1.29, 1.82) is 0 Å². The summed E-state index contributed by atoms with van der Waals surface area (Å²) in [6.45, 7) is 2.30. The molecule has 1 N–H and O–H groups in total. The number of rotatable bonds is 2. The van der Waals surface area contributed by atoms with E-state index in [1.807, 2.05) is 6.07 Å². The molecule has 2 heterocycles. The molecule has 0 spiro atoms. The molecule has 0 aliphatic heterocycles. The van der Waals surface area contributed by atoms with Gasteiger partial charge in [0.1, 0.15) is 0 Å². The van der Waals surface area contributed by atoms with Crippen LogP contribution in [0.1, 0.15) is 11.3 Å². The van der Waals surface area contributed by atoms with Gasteiger partial charge in [0.15, 0.2) is 0 Å². The van der Waals surface area contributed by atoms with Gasteiger partial charge in [0.05, 0.1) is 12.7 Å². The van der Waals surface area contributed by atoms with Crippen LogP contribution < -0.4 is 5.69 Å². The van der Waals surface area contributed by atoms with Gasteiger partial charge in [-0.05, 0) is 13.0 Å². The van der Waals surface area contributed by atoms with Gasteiger partial charge in [0.25, 0.3) is 0 Å². The molecule has 0 bridgehead atoms. The van der Waals surface area contributed by atoms with Crippen LogP contribution in [-0.2, 0) is 6.54 Å². The van der Waals surface area contributed by atoms with Crippen LogP contribution in [0.4, 0.5) is 0 Å². The minimum Gasteiger partial charge on any atom is -0.295 e. The fraction of sp³-hybridized carbons (Fsp3) is 0.222. The van der Waals surface area contributed by atoms with Crippen LogP contribution in [-0.4, -0.2) is 19.7 Å². The normalized spacial score (nSPS) is 10.4. The summed E-state index contributed by atoms with van der Waals surface area (Å²) in [4.78, 5) is 15.2. The molecule has 0 radical (unpaired) electrons. The molecular formula is C9H10N4O. The fourth-order valence-electron chi connectivity index (χ4n) is 1.20. The standard InChI is InChI=1S/C9H10N4O/c1-7-2-3-13(9(14)12-7)6-8-4-10-11-5-8/h2-5H,6H2,1H3,(H,10,11). The molecule has 0 atom stereocenters. The second-order valence-corrected chi connectivity index (χ2v) is 3.09. The Labute approximate surface area is 80.4 Å². The first-order chi connectivity index (χ1) is 6.75. The number of H-pyrrole nitrogens is 1. The van der Waals surface area contributed by atoms with Crippen molar-refractivity contribution in [2.45, 2.75) is 13.5 Å². The zero-order valence-corrected chi connectivity index (χ0v) is 7.77. The summed E-state index contributed by atoms with van der Waals surface area (Å²) in [6, 6.07) is 1.81. The minimum atomic E-state index is -0.230. The molecule has 0 saturated carbocycles. The van der Waals surface area contributed by atoms with Crippen molar-refractivity contribution >= 4 is 0 Å². The van der Waals surface area contributed by atoms with Gasteiger partial charge >= 0.3 is 5.69 Å². The molecule has 0 aromatic carbocycles. The lowest BCUT2D eigenvalue weighted by Crippen LogP contribution is -2.23. The SMILES string of the molecule is Cc1ccn(Cc2cn[nH]c2)c(=O)n1. The molecule has 5 nitrogen and oxygen atoms in total. The first kappa shape index (κ1) is 8.68. The predicted molar refractivity (Wildman–Crippen MR) is 50.9 cm³/mol. The van der Waals surface area contributed by atoms with E-state index < -0.39 is 0 Å². The van der Waals surface area contributed by atoms with Crippen LogP contribution in [0.5, 0.6) is 0 Å². The first-order valence-electron chi connectivity index (χ1n) is 4.27. The highest BCUT2D eigenvalue weighted by molar-refractivity contribution is 5.04. The van der Waals surface area contributed by atoms with E-state index in [-0.39, 0.29) is 5.69 Å². The molecular weight excluding hydrogens is 180 g/mol. The summed E-state index contributed by atoms with van der Waals surface area (Å²) in [5.74, 6) is 0. The highest BCUT2D eigenvalue weighted by Gasteiger charge is 1.99. The van der Waals surface area contributed by atoms with Crippen molar-refractivity contribution in [3.63, 3.8) is 0 Å². The van der Waals surface area contributed by atoms with Gasteiger partial charge in [-0.1, -0.05) is 0 Å². The minimum absolute atomic E-state index is 0.230. The Bertz CT molecular complexity index is 472. The molecule has 0 aliphatic carbocycles. The van der Waals surface area contributed by atoms with Gasteiger partial charge in [0.2, 0.25) is 0 Å². The first-order valence-corrected chi connectivity index (χ1v) is 4.27. The van der Waals surface area contributed by atoms with Crippen LogP contribution in [0.2, 0.25) is 0 Å². The van der Waals surface area contributed by atoms with Crippen molar-refractivity contribution in [2.24, 2.45) is 0 Å². The van der Waals surface area contributed by atoms with Gasteiger partial charge in [-0.2, -0.15) is 10.1 Å². The molecule has 2 rings (SSSR count). The van der Waals surface area contributed by atoms with Gasteiger partial charge < -0.3 is 0 Å². The zero-order chi connectivity index (χ0) is 9.97. The molecule has 72 valence electrons. The quantitative estimate of drug-likeness (QED) is 0.741. The summed E-state index contributed by atoms with van der Waals surface area (Å²) in [7, 11) is 0. The summed E-state index contributed by atoms with van der Waals surface area (Å²) in [5.41, 5.74) is 1.46. The monoisotopic (exact) mass is 190 g/mol. The van der Waals surface area contributed by atoms with Crippen molar-refractivity contribution in [1.82, 2.24) is 19.7 Å². The number of nitrogens with zero attached hydrogens (tertiary/aromatic N) is 3. The van der Waals surface area contributed by atoms with Crippen LogP contribution >= 0.6 is 0 Å². The number of nitrogens with one attached hydrogen (secondary N) is 1. The maximum Gasteiger partial charge on any atom is 0.348 e. The highest BCUT2D eigenvalue weighted by atomic mass is 16.1. The third-order valence-electron chi connectivity index (χ3n) is 1.92. The van der Waals surface area contributed by atoms with E-state index in [1.165, 1.54) is 4.57 Å². The van der Waals surface area contributed by atoms with Crippen molar-refractivity contribution in [3.05, 3.63) is 46.4 Å². The van der Waals surface area contributed by atoms with Crippen LogP contribution in [0.3, 0.4) is 0 Å². The average Bonchev–Trinajstić information content (AvgIpc) is 2.62. The van der Waals surface area contributed by atoms with Crippen molar-refractivity contribution in [3.8, 4) is 0 Å². The Morgan fingerprint density at radius 2 is 2.43 bits per heavy atom. The Hall–Kier alpha value is -1.91. The lowest BCUT2D eigenvalue weighted by Gasteiger charge is -2.01. The molecule has 5 heteroatoms. The number of aromatic amines is 1. The van der Waals surface area contributed by atoms with E-state index in [2.05, 4.69) is 15.2 Å². The highest BCUT2D eigenvalue weighted by Crippen LogP contribution is 1.96. The van der Waals surface area contributed by atoms with Crippen molar-refractivity contribution in [2.75, 3.05) is 0 Å². The smallest absolute Gasteiger partial charge is 0.295 e. The fourth-order valence-corrected chi connectivity index (χ4v) is 1.20. The van der Waals surface area contributed by atoms with E-state index in [4.69, 9.17) is 0 Å². The Balaban J connectivity index is 2.30. The molecule has 14 heavy (non-hydrogen) atoms. The second-order valence-electron chi connectivity index (χ2n) is 3.09. The largest absolute Gasteiger partial charge is 0.348 e. The van der Waals surface area contributed by atoms with E-state index in [0.29, 0.717) is 6.54 Å². The van der Waals surface area contributed by atoms with Gasteiger partial charge in [-0.3, -0.25) is 9.67 Å². The summed E-state index contributed by atoms with van der Waals surface area (Å²) < 4.78 is 1.54. The average molecular weight is 190 g/mol. The van der Waals surface area contributed by atoms with Gasteiger partial charge in [0, 0.05) is 23.7 Å². The van der Waals surface area contributed by atoms with Crippen LogP contribution in [0, 0.1) is 6.92 Å². The summed E-state index contributed by atoms with van der Waals surface area (Å²) in [5, 5.41) is 6.50. The molecule has 2 aromatic rings. The van der Waals surface area contributed by atoms with Gasteiger partial charge in [-0.25, -0.2) is 4.79 Å². The lowest BCUT2D eigenvalue weighted by molar-refractivity contribution is 0.721. The number of hydrogen-bond donors (Lipinski definition) is 1. The van der Waals surface area contributed by atoms with E-state index >= 15 is 0 Å².